The fourth-order valence-corrected chi connectivity index (χ4v) is 3.77. The van der Waals surface area contributed by atoms with E-state index in [4.69, 9.17) is 5.73 Å². The summed E-state index contributed by atoms with van der Waals surface area (Å²) in [7, 11) is -3.58. The van der Waals surface area contributed by atoms with Crippen molar-refractivity contribution in [3.63, 3.8) is 0 Å². The van der Waals surface area contributed by atoms with E-state index in [0.29, 0.717) is 17.6 Å². The second kappa shape index (κ2) is 5.99. The van der Waals surface area contributed by atoms with E-state index in [9.17, 15) is 8.42 Å². The Bertz CT molecular complexity index is 517. The average Bonchev–Trinajstić information content (AvgIpc) is 2.28. The lowest BCUT2D eigenvalue weighted by Crippen LogP contribution is -2.34. The van der Waals surface area contributed by atoms with Crippen LogP contribution in [0.4, 0.5) is 5.82 Å². The molecule has 1 heterocycles. The van der Waals surface area contributed by atoms with E-state index in [1.54, 1.807) is 0 Å². The van der Waals surface area contributed by atoms with Crippen LogP contribution in [0.2, 0.25) is 0 Å². The zero-order valence-electron chi connectivity index (χ0n) is 10.7. The number of rotatable bonds is 5. The zero-order chi connectivity index (χ0) is 13.9. The van der Waals surface area contributed by atoms with Crippen molar-refractivity contribution in [3.8, 4) is 0 Å². The van der Waals surface area contributed by atoms with Gasteiger partial charge in [-0.1, -0.05) is 20.8 Å². The standard InChI is InChI=1S/C11H18BrN3O2S/c1-4-15(7-8(2)3)18(16,17)10-5-9(12)6-14-11(10)13/h5-6,8H,4,7H2,1-3H3,(H2,13,14). The van der Waals surface area contributed by atoms with Crippen LogP contribution in [-0.2, 0) is 10.0 Å². The first-order valence-electron chi connectivity index (χ1n) is 5.70. The van der Waals surface area contributed by atoms with Crippen molar-refractivity contribution in [1.82, 2.24) is 9.29 Å². The van der Waals surface area contributed by atoms with Crippen molar-refractivity contribution in [2.45, 2.75) is 25.7 Å². The smallest absolute Gasteiger partial charge is 0.246 e. The number of hydrogen-bond acceptors (Lipinski definition) is 4. The van der Waals surface area contributed by atoms with E-state index in [2.05, 4.69) is 20.9 Å². The lowest BCUT2D eigenvalue weighted by molar-refractivity contribution is 0.381. The van der Waals surface area contributed by atoms with Crippen molar-refractivity contribution in [2.75, 3.05) is 18.8 Å². The molecule has 1 aromatic rings. The van der Waals surface area contributed by atoms with Crippen LogP contribution >= 0.6 is 15.9 Å². The minimum absolute atomic E-state index is 0.0282. The van der Waals surface area contributed by atoms with Gasteiger partial charge in [0.05, 0.1) is 0 Å². The molecule has 0 saturated heterocycles. The predicted octanol–water partition coefficient (Wildman–Crippen LogP) is 2.09. The molecule has 0 bridgehead atoms. The van der Waals surface area contributed by atoms with Gasteiger partial charge < -0.3 is 5.73 Å². The lowest BCUT2D eigenvalue weighted by Gasteiger charge is -2.22. The topological polar surface area (TPSA) is 76.3 Å². The summed E-state index contributed by atoms with van der Waals surface area (Å²) in [4.78, 5) is 3.92. The number of pyridine rings is 1. The molecule has 18 heavy (non-hydrogen) atoms. The van der Waals surface area contributed by atoms with Gasteiger partial charge >= 0.3 is 0 Å². The number of hydrogen-bond donors (Lipinski definition) is 1. The summed E-state index contributed by atoms with van der Waals surface area (Å²) in [6, 6.07) is 1.49. The van der Waals surface area contributed by atoms with Crippen LogP contribution in [-0.4, -0.2) is 30.8 Å². The van der Waals surface area contributed by atoms with Crippen molar-refractivity contribution in [3.05, 3.63) is 16.7 Å². The highest BCUT2D eigenvalue weighted by Gasteiger charge is 2.26. The Morgan fingerprint density at radius 2 is 2.11 bits per heavy atom. The summed E-state index contributed by atoms with van der Waals surface area (Å²) >= 11 is 3.21. The molecule has 7 heteroatoms. The van der Waals surface area contributed by atoms with E-state index in [1.165, 1.54) is 16.6 Å². The van der Waals surface area contributed by atoms with Crippen LogP contribution in [0, 0.1) is 5.92 Å². The second-order valence-electron chi connectivity index (χ2n) is 4.39. The maximum absolute atomic E-state index is 12.5. The Morgan fingerprint density at radius 3 is 2.61 bits per heavy atom. The molecule has 0 aliphatic carbocycles. The van der Waals surface area contributed by atoms with Crippen LogP contribution in [0.5, 0.6) is 0 Å². The van der Waals surface area contributed by atoms with E-state index in [1.807, 2.05) is 20.8 Å². The highest BCUT2D eigenvalue weighted by Crippen LogP contribution is 2.24. The molecule has 0 amide bonds. The van der Waals surface area contributed by atoms with Gasteiger partial charge in [0.2, 0.25) is 10.0 Å². The van der Waals surface area contributed by atoms with Gasteiger partial charge in [0.1, 0.15) is 10.7 Å². The van der Waals surface area contributed by atoms with Gasteiger partial charge in [-0.3, -0.25) is 0 Å². The Balaban J connectivity index is 3.22. The van der Waals surface area contributed by atoms with Gasteiger partial charge in [0.15, 0.2) is 0 Å². The van der Waals surface area contributed by atoms with Gasteiger partial charge in [0, 0.05) is 23.8 Å². The summed E-state index contributed by atoms with van der Waals surface area (Å²) < 4.78 is 26.9. The number of halogens is 1. The first-order valence-corrected chi connectivity index (χ1v) is 7.93. The molecule has 0 radical (unpaired) electrons. The zero-order valence-corrected chi connectivity index (χ0v) is 13.1. The lowest BCUT2D eigenvalue weighted by atomic mass is 10.2. The molecule has 0 unspecified atom stereocenters. The maximum Gasteiger partial charge on any atom is 0.246 e. The summed E-state index contributed by atoms with van der Waals surface area (Å²) in [5, 5.41) is 0. The first kappa shape index (κ1) is 15.4. The van der Waals surface area contributed by atoms with Gasteiger partial charge in [-0.2, -0.15) is 4.31 Å². The van der Waals surface area contributed by atoms with E-state index in [-0.39, 0.29) is 16.6 Å². The third-order valence-corrected chi connectivity index (χ3v) is 4.79. The number of sulfonamides is 1. The predicted molar refractivity (Wildman–Crippen MR) is 75.6 cm³/mol. The largest absolute Gasteiger partial charge is 0.383 e. The molecule has 102 valence electrons. The SMILES string of the molecule is CCN(CC(C)C)S(=O)(=O)c1cc(Br)cnc1N. The van der Waals surface area contributed by atoms with E-state index >= 15 is 0 Å². The normalized spacial score (nSPS) is 12.3. The van der Waals surface area contributed by atoms with Crippen LogP contribution in [0.15, 0.2) is 21.6 Å². The molecule has 0 atom stereocenters. The summed E-state index contributed by atoms with van der Waals surface area (Å²) in [5.74, 6) is 0.279. The second-order valence-corrected chi connectivity index (χ2v) is 7.21. The number of nitrogens with zero attached hydrogens (tertiary/aromatic N) is 2. The van der Waals surface area contributed by atoms with Crippen LogP contribution in [0.25, 0.3) is 0 Å². The number of nitrogen functional groups attached to an aromatic ring is 1. The highest BCUT2D eigenvalue weighted by atomic mass is 79.9. The van der Waals surface area contributed by atoms with Gasteiger partial charge in [-0.05, 0) is 27.9 Å². The minimum Gasteiger partial charge on any atom is -0.383 e. The van der Waals surface area contributed by atoms with Gasteiger partial charge in [-0.25, -0.2) is 13.4 Å². The quantitative estimate of drug-likeness (QED) is 0.893. The Labute approximate surface area is 117 Å². The molecule has 0 aromatic carbocycles. The molecule has 5 nitrogen and oxygen atoms in total. The first-order chi connectivity index (χ1) is 8.28. The molecular formula is C11H18BrN3O2S. The van der Waals surface area contributed by atoms with Crippen molar-refractivity contribution in [2.24, 2.45) is 5.92 Å². The fraction of sp³-hybridized carbons (Fsp3) is 0.545. The summed E-state index contributed by atoms with van der Waals surface area (Å²) in [5.41, 5.74) is 5.66. The molecule has 1 rings (SSSR count). The number of anilines is 1. The molecule has 0 spiro atoms. The van der Waals surface area contributed by atoms with E-state index < -0.39 is 10.0 Å². The molecule has 1 aromatic heterocycles. The molecule has 0 aliphatic heterocycles. The average molecular weight is 336 g/mol. The third kappa shape index (κ3) is 3.43. The molecule has 0 saturated carbocycles. The summed E-state index contributed by atoms with van der Waals surface area (Å²) in [6.45, 7) is 6.63. The maximum atomic E-state index is 12.5. The van der Waals surface area contributed by atoms with Gasteiger partial charge in [-0.15, -0.1) is 0 Å². The Morgan fingerprint density at radius 1 is 1.50 bits per heavy atom. The van der Waals surface area contributed by atoms with Crippen LogP contribution < -0.4 is 5.73 Å². The number of aromatic nitrogens is 1. The number of nitrogens with two attached hydrogens (primary N) is 1. The van der Waals surface area contributed by atoms with Crippen molar-refractivity contribution in [1.29, 1.82) is 0 Å². The Hall–Kier alpha value is -0.660. The van der Waals surface area contributed by atoms with Crippen molar-refractivity contribution < 1.29 is 8.42 Å². The highest BCUT2D eigenvalue weighted by molar-refractivity contribution is 9.10. The minimum atomic E-state index is -3.58. The molecule has 2 N–H and O–H groups in total. The molecule has 0 fully saturated rings. The monoisotopic (exact) mass is 335 g/mol. The van der Waals surface area contributed by atoms with E-state index in [0.717, 1.165) is 0 Å². The Kier molecular flexibility index (Phi) is 5.12. The van der Waals surface area contributed by atoms with Gasteiger partial charge in [0.25, 0.3) is 0 Å². The van der Waals surface area contributed by atoms with Crippen LogP contribution in [0.3, 0.4) is 0 Å². The van der Waals surface area contributed by atoms with Crippen LogP contribution in [0.1, 0.15) is 20.8 Å². The van der Waals surface area contributed by atoms with Crippen molar-refractivity contribution >= 4 is 31.8 Å². The third-order valence-electron chi connectivity index (χ3n) is 2.39. The fourth-order valence-electron chi connectivity index (χ4n) is 1.58. The summed E-state index contributed by atoms with van der Waals surface area (Å²) in [6.07, 6.45) is 1.48. The molecule has 0 aliphatic rings. The molecular weight excluding hydrogens is 318 g/mol.